The minimum absolute atomic E-state index is 0.852. The Morgan fingerprint density at radius 3 is 1.29 bits per heavy atom. The van der Waals surface area contributed by atoms with Gasteiger partial charge < -0.3 is 180 Å². The molecule has 36 atom stereocenters. The number of aliphatic hydroxyl groups is 22. The van der Waals surface area contributed by atoms with E-state index in [4.69, 9.17) is 71.6 Å². The zero-order chi connectivity index (χ0) is 60.6. The van der Waals surface area contributed by atoms with Gasteiger partial charge in [-0.2, -0.15) is 0 Å². The maximum Gasteiger partial charge on any atom is 0.474 e. The lowest BCUT2D eigenvalue weighted by Gasteiger charge is -2.48. The Kier molecular flexibility index (Phi) is 24.0. The molecule has 7 rings (SSSR count). The molecule has 0 spiro atoms. The highest BCUT2D eigenvalue weighted by Gasteiger charge is 2.59. The van der Waals surface area contributed by atoms with Crippen LogP contribution in [-0.2, 0) is 70.5 Å². The number of nitrogens with two attached hydrogens (primary N) is 1. The second kappa shape index (κ2) is 28.9. The summed E-state index contributed by atoms with van der Waals surface area (Å²) >= 11 is 0. The summed E-state index contributed by atoms with van der Waals surface area (Å²) in [5.41, 5.74) is 5.80. The second-order valence-electron chi connectivity index (χ2n) is 20.3. The molecule has 0 bridgehead atoms. The van der Waals surface area contributed by atoms with Crippen molar-refractivity contribution in [2.75, 3.05) is 46.2 Å². The molecule has 40 heteroatoms. The number of rotatable bonds is 22. The van der Waals surface area contributed by atoms with Crippen LogP contribution in [0.2, 0.25) is 0 Å². The van der Waals surface area contributed by atoms with E-state index in [9.17, 15) is 122 Å². The van der Waals surface area contributed by atoms with Crippen LogP contribution in [0.3, 0.4) is 0 Å². The van der Waals surface area contributed by atoms with Gasteiger partial charge in [-0.3, -0.25) is 9.05 Å². The Hall–Kier alpha value is -1.29. The molecule has 3 unspecified atom stereocenters. The first kappa shape index (κ1) is 68.2. The van der Waals surface area contributed by atoms with E-state index in [2.05, 4.69) is 0 Å². The molecule has 7 heterocycles. The maximum atomic E-state index is 13.3. The molecule has 7 saturated heterocycles. The van der Waals surface area contributed by atoms with Crippen molar-refractivity contribution in [2.24, 2.45) is 5.73 Å². The summed E-state index contributed by atoms with van der Waals surface area (Å²) in [7, 11) is -5.63. The van der Waals surface area contributed by atoms with E-state index in [0.29, 0.717) is 0 Å². The Morgan fingerprint density at radius 2 is 0.768 bits per heavy atom. The molecule has 0 saturated carbocycles. The van der Waals surface area contributed by atoms with Gasteiger partial charge in [-0.25, -0.2) is 4.57 Å². The van der Waals surface area contributed by atoms with Gasteiger partial charge in [-0.05, 0) is 0 Å². The van der Waals surface area contributed by atoms with Crippen LogP contribution < -0.4 is 5.73 Å². The standard InChI is InChI=1S/C42H74NO38P/c43-15-21(55)32(12(5-48)70-36(15)65)77-39-28(62)33(19(53)11(4-47)72-39)78-40-29(63)34(20(54)14(75-40)7-69-82(66,67)81-42-27(61)23(57)17(51)10(3-46)73-42)79-41-30(64)35(31(76-41)8(49)1-44)80-38-26(60)24(58)18(52)13(74-38)6-68-37-25(59)22(56)16(50)9(2-45)71-37/h8-42,44-65H,1-7,43H2,(H,66,67)/t8-,9-,10-,11-,12-,13-,14-,15-,16+,17-,18+,19-,20-,21-,22+,23+,24+,25-,26-,27-,28+,29+,30-,31+,32-,33+,34+,35-,36?,37+,38-,39-,40-,41+,42?/m1/s1. The van der Waals surface area contributed by atoms with Crippen molar-refractivity contribution in [1.82, 2.24) is 0 Å². The lowest BCUT2D eigenvalue weighted by molar-refractivity contribution is -0.380. The third-order valence-corrected chi connectivity index (χ3v) is 15.7. The van der Waals surface area contributed by atoms with Crippen LogP contribution in [-0.4, -0.2) is 378 Å². The summed E-state index contributed by atoms with van der Waals surface area (Å²) in [5, 5.41) is 233. The van der Waals surface area contributed by atoms with Gasteiger partial charge in [0.25, 0.3) is 0 Å². The Labute approximate surface area is 461 Å². The first-order valence-corrected chi connectivity index (χ1v) is 27.0. The molecule has 39 nitrogen and oxygen atoms in total. The van der Waals surface area contributed by atoms with E-state index in [1.54, 1.807) is 0 Å². The summed E-state index contributed by atoms with van der Waals surface area (Å²) < 4.78 is 89.7. The summed E-state index contributed by atoms with van der Waals surface area (Å²) in [4.78, 5) is 10.7. The van der Waals surface area contributed by atoms with E-state index >= 15 is 0 Å². The van der Waals surface area contributed by atoms with Crippen molar-refractivity contribution in [3.8, 4) is 0 Å². The number of ether oxygens (including phenoxy) is 12. The maximum absolute atomic E-state index is 13.3. The molecule has 0 aromatic carbocycles. The highest BCUT2D eigenvalue weighted by Crippen LogP contribution is 2.47. The molecular formula is C42H74NO38P. The van der Waals surface area contributed by atoms with Crippen molar-refractivity contribution < 1.29 is 188 Å². The first-order valence-electron chi connectivity index (χ1n) is 25.5. The van der Waals surface area contributed by atoms with Crippen LogP contribution in [0.5, 0.6) is 0 Å². The molecule has 0 radical (unpaired) electrons. The fraction of sp³-hybridized carbons (Fsp3) is 1.00. The fourth-order valence-electron chi connectivity index (χ4n) is 9.92. The summed E-state index contributed by atoms with van der Waals surface area (Å²) in [5.74, 6) is 0. The van der Waals surface area contributed by atoms with Gasteiger partial charge in [0, 0.05) is 0 Å². The number of hydrogen-bond acceptors (Lipinski definition) is 38. The molecule has 25 N–H and O–H groups in total. The average Bonchev–Trinajstić information content (AvgIpc) is 3.45. The predicted molar refractivity (Wildman–Crippen MR) is 245 cm³/mol. The van der Waals surface area contributed by atoms with Gasteiger partial charge >= 0.3 is 7.82 Å². The number of aliphatic hydroxyl groups excluding tert-OH is 22. The van der Waals surface area contributed by atoms with E-state index < -0.39 is 269 Å². The summed E-state index contributed by atoms with van der Waals surface area (Å²) in [6.07, 6.45) is -69.3. The average molecular weight is 1230 g/mol. The van der Waals surface area contributed by atoms with E-state index in [0.717, 1.165) is 0 Å². The number of phosphoric acid groups is 1. The quantitative estimate of drug-likeness (QED) is 0.0448. The summed E-state index contributed by atoms with van der Waals surface area (Å²) in [6, 6.07) is -1.57. The van der Waals surface area contributed by atoms with E-state index in [-0.39, 0.29) is 0 Å². The van der Waals surface area contributed by atoms with Gasteiger partial charge in [0.15, 0.2) is 44.0 Å². The predicted octanol–water partition coefficient (Wildman–Crippen LogP) is -16.2. The van der Waals surface area contributed by atoms with E-state index in [1.807, 2.05) is 0 Å². The van der Waals surface area contributed by atoms with Gasteiger partial charge in [0.2, 0.25) is 0 Å². The highest BCUT2D eigenvalue weighted by atomic mass is 31.2. The topological polar surface area (TPSA) is 638 Å². The molecular weight excluding hydrogens is 1160 g/mol. The molecule has 0 aromatic heterocycles. The minimum atomic E-state index is -5.63. The van der Waals surface area contributed by atoms with E-state index in [1.165, 1.54) is 0 Å². The van der Waals surface area contributed by atoms with Crippen molar-refractivity contribution in [2.45, 2.75) is 215 Å². The SMILES string of the molecule is N[C@H]1C(O)O[C@H](CO)[C@@H](O[C@H]2O[C@H](CO)[C@@H](O)[C@H](O[C@H]3O[C@H](COP(=O)(O)OC4O[C@H](CO)[C@@H](O)[C@H](O)[C@H]4O)[C@@H](O)[C@H](O[C@@H]4O[C@@H]([C@H](O)CO)[C@H](O[C@H]5O[C@H](CO[C@H]6O[C@H](CO)[C@H](O)[C@H](O)[C@H]6O)[C@H](O)[C@H](O)[C@H]5O)[C@H]4O)[C@@H]3O)[C@@H]2O)[C@@H]1O. The van der Waals surface area contributed by atoms with Crippen molar-refractivity contribution in [3.63, 3.8) is 0 Å². The normalized spacial score (nSPS) is 51.6. The largest absolute Gasteiger partial charge is 0.474 e. The minimum Gasteiger partial charge on any atom is -0.394 e. The highest BCUT2D eigenvalue weighted by molar-refractivity contribution is 7.47. The molecule has 0 amide bonds. The first-order chi connectivity index (χ1) is 38.6. The van der Waals surface area contributed by atoms with Crippen LogP contribution in [0.15, 0.2) is 0 Å². The molecule has 7 fully saturated rings. The Balaban J connectivity index is 1.12. The zero-order valence-electron chi connectivity index (χ0n) is 42.6. The van der Waals surface area contributed by atoms with Crippen LogP contribution in [0.4, 0.5) is 0 Å². The lowest BCUT2D eigenvalue weighted by atomic mass is 9.95. The van der Waals surface area contributed by atoms with Crippen LogP contribution in [0.25, 0.3) is 0 Å². The van der Waals surface area contributed by atoms with Gasteiger partial charge in [-0.1, -0.05) is 0 Å². The van der Waals surface area contributed by atoms with Gasteiger partial charge in [-0.15, -0.1) is 0 Å². The van der Waals surface area contributed by atoms with Crippen molar-refractivity contribution >= 4 is 7.82 Å². The monoisotopic (exact) mass is 1230 g/mol. The van der Waals surface area contributed by atoms with Crippen molar-refractivity contribution in [1.29, 1.82) is 0 Å². The fourth-order valence-corrected chi connectivity index (χ4v) is 10.8. The summed E-state index contributed by atoms with van der Waals surface area (Å²) in [6.45, 7) is -7.25. The Morgan fingerprint density at radius 1 is 0.390 bits per heavy atom. The van der Waals surface area contributed by atoms with Crippen LogP contribution >= 0.6 is 7.82 Å². The smallest absolute Gasteiger partial charge is 0.394 e. The van der Waals surface area contributed by atoms with Crippen LogP contribution in [0.1, 0.15) is 0 Å². The molecule has 82 heavy (non-hydrogen) atoms. The number of phosphoric ester groups is 1. The molecule has 7 aliphatic heterocycles. The third-order valence-electron chi connectivity index (χ3n) is 14.8. The number of hydrogen-bond donors (Lipinski definition) is 24. The molecule has 480 valence electrons. The Bertz CT molecular complexity index is 2010. The molecule has 0 aromatic rings. The third kappa shape index (κ3) is 14.6. The molecule has 0 aliphatic carbocycles. The van der Waals surface area contributed by atoms with Gasteiger partial charge in [0.1, 0.15) is 165 Å². The van der Waals surface area contributed by atoms with Crippen LogP contribution in [0, 0.1) is 0 Å². The zero-order valence-corrected chi connectivity index (χ0v) is 43.5. The second-order valence-corrected chi connectivity index (χ2v) is 21.7. The molecule has 7 aliphatic rings. The van der Waals surface area contributed by atoms with Crippen molar-refractivity contribution in [3.05, 3.63) is 0 Å². The van der Waals surface area contributed by atoms with Gasteiger partial charge in [0.05, 0.1) is 52.3 Å². The lowest BCUT2D eigenvalue weighted by Crippen LogP contribution is -2.67.